The van der Waals surface area contributed by atoms with Gasteiger partial charge in [-0.25, -0.2) is 0 Å². The highest BCUT2D eigenvalue weighted by Gasteiger charge is 2.54. The van der Waals surface area contributed by atoms with Crippen LogP contribution in [0.3, 0.4) is 0 Å². The number of aliphatic hydroxyl groups is 12. The Morgan fingerprint density at radius 2 is 0.750 bits per heavy atom. The highest BCUT2D eigenvalue weighted by atomic mass is 33.1. The van der Waals surface area contributed by atoms with Crippen molar-refractivity contribution in [3.05, 3.63) is 0 Å². The third-order valence-corrected chi connectivity index (χ3v) is 15.8. The normalized spacial score (nSPS) is 47.7. The van der Waals surface area contributed by atoms with E-state index >= 15 is 0 Å². The quantitative estimate of drug-likeness (QED) is 0.0699. The molecule has 0 spiro atoms. The first kappa shape index (κ1) is 45.4. The molecule has 0 aromatic rings. The van der Waals surface area contributed by atoms with Crippen molar-refractivity contribution in [1.82, 2.24) is 0 Å². The number of ether oxygens (including phenoxy) is 6. The summed E-state index contributed by atoms with van der Waals surface area (Å²) in [7, 11) is 2.11. The van der Waals surface area contributed by atoms with E-state index in [9.17, 15) is 61.3 Å². The molecule has 4 heterocycles. The average Bonchev–Trinajstić information content (AvgIpc) is 3.10. The molecule has 52 heavy (non-hydrogen) atoms. The van der Waals surface area contributed by atoms with Gasteiger partial charge in [0, 0.05) is 0 Å². The second-order valence-electron chi connectivity index (χ2n) is 13.5. The van der Waals surface area contributed by atoms with Crippen LogP contribution in [-0.4, -0.2) is 218 Å². The van der Waals surface area contributed by atoms with Crippen molar-refractivity contribution in [3.8, 4) is 0 Å². The SMILES string of the molecule is CC(C)O[C@H]1O[C@H](CO)[C@@H](S[C@@H]2O[C@H](CO)[C@H](O)[C@H](O)[C@H]2O)[C@H](SS[C@@H]2[C@@H](O)[C@@H](OC(C)C)O[C@H](CO)[C@H]2S[C@@H]2O[C@H](CO)[C@H](O)[C@H](O)[C@H]2O)[C@H]1O. The molecular weight excluding hydrogens is 777 g/mol. The molecule has 0 unspecified atom stereocenters. The Labute approximate surface area is 317 Å². The first-order valence-corrected chi connectivity index (χ1v) is 21.2. The van der Waals surface area contributed by atoms with Gasteiger partial charge in [0.2, 0.25) is 0 Å². The van der Waals surface area contributed by atoms with Crippen molar-refractivity contribution in [1.29, 1.82) is 0 Å². The van der Waals surface area contributed by atoms with Crippen LogP contribution >= 0.6 is 45.1 Å². The predicted molar refractivity (Wildman–Crippen MR) is 189 cm³/mol. The van der Waals surface area contributed by atoms with Gasteiger partial charge in [-0.15, -0.1) is 23.5 Å². The van der Waals surface area contributed by atoms with E-state index in [0.29, 0.717) is 0 Å². The second kappa shape index (κ2) is 20.4. The van der Waals surface area contributed by atoms with Crippen molar-refractivity contribution >= 4 is 45.1 Å². The maximum absolute atomic E-state index is 11.7. The van der Waals surface area contributed by atoms with E-state index < -0.39 is 156 Å². The number of hydrogen-bond donors (Lipinski definition) is 12. The van der Waals surface area contributed by atoms with E-state index in [2.05, 4.69) is 0 Å². The minimum Gasteiger partial charge on any atom is -0.394 e. The summed E-state index contributed by atoms with van der Waals surface area (Å²) in [5.74, 6) is 0. The fourth-order valence-corrected chi connectivity index (χ4v) is 13.8. The van der Waals surface area contributed by atoms with E-state index in [4.69, 9.17) is 28.4 Å². The van der Waals surface area contributed by atoms with Gasteiger partial charge in [-0.1, -0.05) is 21.6 Å². The van der Waals surface area contributed by atoms with Crippen molar-refractivity contribution in [2.24, 2.45) is 0 Å². The summed E-state index contributed by atoms with van der Waals surface area (Å²) < 4.78 is 35.0. The molecule has 0 radical (unpaired) electrons. The predicted octanol–water partition coefficient (Wildman–Crippen LogP) is -4.09. The first-order chi connectivity index (χ1) is 24.6. The number of thioether (sulfide) groups is 2. The van der Waals surface area contributed by atoms with E-state index in [-0.39, 0.29) is 0 Å². The van der Waals surface area contributed by atoms with Crippen molar-refractivity contribution in [2.45, 2.75) is 158 Å². The summed E-state index contributed by atoms with van der Waals surface area (Å²) in [6.45, 7) is 4.39. The summed E-state index contributed by atoms with van der Waals surface area (Å²) in [5, 5.41) is 123. The van der Waals surface area contributed by atoms with Gasteiger partial charge in [-0.2, -0.15) is 0 Å². The maximum atomic E-state index is 11.7. The Bertz CT molecular complexity index is 990. The molecule has 0 bridgehead atoms. The Hall–Kier alpha value is 0.680. The van der Waals surface area contributed by atoms with Crippen LogP contribution in [0, 0.1) is 0 Å². The van der Waals surface area contributed by atoms with Gasteiger partial charge < -0.3 is 89.7 Å². The molecule has 22 heteroatoms. The van der Waals surface area contributed by atoms with E-state index in [0.717, 1.165) is 45.1 Å². The lowest BCUT2D eigenvalue weighted by Gasteiger charge is -2.49. The van der Waals surface area contributed by atoms with Crippen LogP contribution in [0.4, 0.5) is 0 Å². The molecule has 18 nitrogen and oxygen atoms in total. The van der Waals surface area contributed by atoms with Crippen LogP contribution in [0.5, 0.6) is 0 Å². The Morgan fingerprint density at radius 3 is 1.04 bits per heavy atom. The van der Waals surface area contributed by atoms with Gasteiger partial charge in [0.1, 0.15) is 71.9 Å². The van der Waals surface area contributed by atoms with Gasteiger partial charge in [-0.3, -0.25) is 0 Å². The summed E-state index contributed by atoms with van der Waals surface area (Å²) in [4.78, 5) is 0. The fraction of sp³-hybridized carbons (Fsp3) is 1.00. The van der Waals surface area contributed by atoms with Crippen LogP contribution in [0.25, 0.3) is 0 Å². The third-order valence-electron chi connectivity index (χ3n) is 8.96. The molecular formula is C30H54O18S4. The van der Waals surface area contributed by atoms with Crippen molar-refractivity contribution in [2.75, 3.05) is 26.4 Å². The zero-order valence-electron chi connectivity index (χ0n) is 29.0. The summed E-state index contributed by atoms with van der Waals surface area (Å²) in [6, 6.07) is 0. The molecule has 0 aliphatic carbocycles. The molecule has 4 fully saturated rings. The van der Waals surface area contributed by atoms with Gasteiger partial charge in [0.15, 0.2) is 12.6 Å². The Balaban J connectivity index is 1.66. The molecule has 4 aliphatic rings. The number of rotatable bonds is 15. The Morgan fingerprint density at radius 1 is 0.423 bits per heavy atom. The highest BCUT2D eigenvalue weighted by Crippen LogP contribution is 2.51. The topological polar surface area (TPSA) is 298 Å². The van der Waals surface area contributed by atoms with E-state index in [1.165, 1.54) is 0 Å². The maximum Gasteiger partial charge on any atom is 0.185 e. The lowest BCUT2D eigenvalue weighted by Crippen LogP contribution is -2.61. The molecule has 0 saturated carbocycles. The van der Waals surface area contributed by atoms with E-state index in [1.807, 2.05) is 0 Å². The van der Waals surface area contributed by atoms with Crippen LogP contribution in [0.1, 0.15) is 27.7 Å². The van der Waals surface area contributed by atoms with Crippen LogP contribution in [-0.2, 0) is 28.4 Å². The molecule has 20 atom stereocenters. The van der Waals surface area contributed by atoms with Gasteiger partial charge in [0.25, 0.3) is 0 Å². The lowest BCUT2D eigenvalue weighted by atomic mass is 10.0. The largest absolute Gasteiger partial charge is 0.394 e. The molecule has 4 aliphatic heterocycles. The van der Waals surface area contributed by atoms with E-state index in [1.54, 1.807) is 27.7 Å². The lowest BCUT2D eigenvalue weighted by molar-refractivity contribution is -0.253. The van der Waals surface area contributed by atoms with Crippen LogP contribution in [0.2, 0.25) is 0 Å². The summed E-state index contributed by atoms with van der Waals surface area (Å²) in [5.41, 5.74) is -2.52. The monoisotopic (exact) mass is 830 g/mol. The molecule has 0 amide bonds. The minimum atomic E-state index is -1.69. The van der Waals surface area contributed by atoms with Crippen molar-refractivity contribution in [3.63, 3.8) is 0 Å². The Kier molecular flexibility index (Phi) is 17.8. The molecule has 4 saturated heterocycles. The van der Waals surface area contributed by atoms with Crippen molar-refractivity contribution < 1.29 is 89.7 Å². The minimum absolute atomic E-state index is 0.414. The first-order valence-electron chi connectivity index (χ1n) is 17.0. The third kappa shape index (κ3) is 10.4. The molecule has 0 aromatic carbocycles. The smallest absolute Gasteiger partial charge is 0.185 e. The standard InChI is InChI=1S/C30H54O18S4/c1-9(2)43-27-21(41)25(23(13(7-33)45-27)49-29-19(39)17(37)15(35)11(5-31)47-29)51-52-26-22(42)28(44-10(3)4)46-14(8-34)24(26)50-30-20(40)18(38)16(36)12(6-32)48-30/h9-42H,5-8H2,1-4H3/t11-,12-,13-,14-,15+,16+,17+,18+,19-,20-,21-,22-,23-,24-,25-,26-,27+,28+,29+,30+/m1/s1. The van der Waals surface area contributed by atoms with Gasteiger partial charge in [0.05, 0.1) is 71.8 Å². The van der Waals surface area contributed by atoms with Gasteiger partial charge >= 0.3 is 0 Å². The fourth-order valence-electron chi connectivity index (χ4n) is 6.19. The highest BCUT2D eigenvalue weighted by molar-refractivity contribution is 8.77. The second-order valence-corrected chi connectivity index (χ2v) is 18.7. The molecule has 12 N–H and O–H groups in total. The number of hydrogen-bond acceptors (Lipinski definition) is 22. The molecule has 0 aromatic heterocycles. The number of aliphatic hydroxyl groups excluding tert-OH is 12. The molecule has 306 valence electrons. The summed E-state index contributed by atoms with van der Waals surface area (Å²) >= 11 is 1.80. The zero-order chi connectivity index (χ0) is 38.6. The van der Waals surface area contributed by atoms with Crippen LogP contribution < -0.4 is 0 Å². The van der Waals surface area contributed by atoms with Crippen LogP contribution in [0.15, 0.2) is 0 Å². The molecule has 4 rings (SSSR count). The average molecular weight is 831 g/mol. The summed E-state index contributed by atoms with van der Waals surface area (Å²) in [6.07, 6.45) is -20.5. The van der Waals surface area contributed by atoms with Gasteiger partial charge in [-0.05, 0) is 27.7 Å². The zero-order valence-corrected chi connectivity index (χ0v) is 32.2.